The Morgan fingerprint density at radius 1 is 1.22 bits per heavy atom. The van der Waals surface area contributed by atoms with Gasteiger partial charge in [-0.15, -0.1) is 0 Å². The first-order valence-electron chi connectivity index (χ1n) is 11.1. The molecule has 13 heteroatoms. The van der Waals surface area contributed by atoms with Gasteiger partial charge in [0.1, 0.15) is 11.9 Å². The minimum Gasteiger partial charge on any atom is -0.503 e. The Morgan fingerprint density at radius 2 is 1.95 bits per heavy atom. The van der Waals surface area contributed by atoms with Crippen molar-refractivity contribution < 1.29 is 35.7 Å². The summed E-state index contributed by atoms with van der Waals surface area (Å²) in [5, 5.41) is 15.6. The largest absolute Gasteiger partial charge is 0.503 e. The van der Waals surface area contributed by atoms with E-state index in [0.29, 0.717) is 6.42 Å². The number of rotatable bonds is 7. The molecule has 3 aromatic rings. The van der Waals surface area contributed by atoms with E-state index in [1.165, 1.54) is 24.3 Å². The molecule has 1 aliphatic heterocycles. The SMILES string of the molecule is CS(=O)(=O)OC(C(c1cccc(F)c1)c1cccc(F)c1F)C1CCCN1C(=O)c1n[nH]cc(O)c1=O. The van der Waals surface area contributed by atoms with E-state index < -0.39 is 68.4 Å². The van der Waals surface area contributed by atoms with Crippen LogP contribution in [0.5, 0.6) is 5.75 Å². The van der Waals surface area contributed by atoms with Crippen molar-refractivity contribution >= 4 is 16.0 Å². The van der Waals surface area contributed by atoms with Crippen LogP contribution in [0.25, 0.3) is 0 Å². The molecule has 2 heterocycles. The van der Waals surface area contributed by atoms with Gasteiger partial charge in [0.25, 0.3) is 21.5 Å². The van der Waals surface area contributed by atoms with Crippen LogP contribution in [0.2, 0.25) is 0 Å². The number of nitrogens with zero attached hydrogens (tertiary/aromatic N) is 2. The van der Waals surface area contributed by atoms with Crippen molar-refractivity contribution in [2.24, 2.45) is 0 Å². The number of aromatic amines is 1. The van der Waals surface area contributed by atoms with Crippen molar-refractivity contribution in [1.82, 2.24) is 15.1 Å². The molecule has 1 saturated heterocycles. The van der Waals surface area contributed by atoms with Crippen LogP contribution in [0.3, 0.4) is 0 Å². The first-order valence-corrected chi connectivity index (χ1v) is 12.9. The van der Waals surface area contributed by atoms with Gasteiger partial charge in [-0.2, -0.15) is 13.5 Å². The summed E-state index contributed by atoms with van der Waals surface area (Å²) >= 11 is 0. The number of benzene rings is 2. The molecule has 196 valence electrons. The van der Waals surface area contributed by atoms with Gasteiger partial charge < -0.3 is 10.0 Å². The number of hydrogen-bond donors (Lipinski definition) is 2. The number of likely N-dealkylation sites (tertiary alicyclic amines) is 1. The molecule has 0 aliphatic carbocycles. The molecule has 0 bridgehead atoms. The van der Waals surface area contributed by atoms with Gasteiger partial charge in [-0.05, 0) is 36.6 Å². The highest BCUT2D eigenvalue weighted by atomic mass is 32.2. The van der Waals surface area contributed by atoms with E-state index in [-0.39, 0.29) is 24.1 Å². The molecule has 2 aromatic carbocycles. The van der Waals surface area contributed by atoms with Crippen LogP contribution in [0, 0.1) is 17.5 Å². The normalized spacial score (nSPS) is 17.5. The van der Waals surface area contributed by atoms with Gasteiger partial charge in [0.15, 0.2) is 23.1 Å². The average molecular weight is 538 g/mol. The lowest BCUT2D eigenvalue weighted by Gasteiger charge is -2.36. The van der Waals surface area contributed by atoms with E-state index in [2.05, 4.69) is 10.2 Å². The zero-order valence-corrected chi connectivity index (χ0v) is 20.2. The predicted octanol–water partition coefficient (Wildman–Crippen LogP) is 2.67. The zero-order valence-electron chi connectivity index (χ0n) is 19.4. The van der Waals surface area contributed by atoms with Gasteiger partial charge in [0.2, 0.25) is 0 Å². The molecule has 3 atom stereocenters. The summed E-state index contributed by atoms with van der Waals surface area (Å²) in [6.07, 6.45) is 0.607. The highest BCUT2D eigenvalue weighted by molar-refractivity contribution is 7.86. The zero-order chi connectivity index (χ0) is 26.9. The van der Waals surface area contributed by atoms with Crippen LogP contribution in [0.4, 0.5) is 13.2 Å². The molecule has 1 amide bonds. The fourth-order valence-electron chi connectivity index (χ4n) is 4.61. The summed E-state index contributed by atoms with van der Waals surface area (Å²) in [4.78, 5) is 26.8. The van der Waals surface area contributed by atoms with Crippen molar-refractivity contribution in [3.8, 4) is 5.75 Å². The third kappa shape index (κ3) is 5.52. The number of carbonyl (C=O) groups excluding carboxylic acids is 1. The molecular weight excluding hydrogens is 515 g/mol. The molecule has 1 fully saturated rings. The van der Waals surface area contributed by atoms with E-state index in [1.54, 1.807) is 0 Å². The lowest BCUT2D eigenvalue weighted by molar-refractivity contribution is 0.0525. The highest BCUT2D eigenvalue weighted by Crippen LogP contribution is 2.39. The summed E-state index contributed by atoms with van der Waals surface area (Å²) in [6.45, 7) is 0.0470. The van der Waals surface area contributed by atoms with E-state index in [0.717, 1.165) is 35.6 Å². The Morgan fingerprint density at radius 3 is 2.65 bits per heavy atom. The van der Waals surface area contributed by atoms with Crippen LogP contribution in [0.1, 0.15) is 40.4 Å². The average Bonchev–Trinajstić information content (AvgIpc) is 3.32. The summed E-state index contributed by atoms with van der Waals surface area (Å²) in [5.74, 6) is -6.29. The van der Waals surface area contributed by atoms with Gasteiger partial charge >= 0.3 is 0 Å². The number of H-pyrrole nitrogens is 1. The van der Waals surface area contributed by atoms with Crippen molar-refractivity contribution in [2.75, 3.05) is 12.8 Å². The van der Waals surface area contributed by atoms with E-state index in [1.807, 2.05) is 0 Å². The van der Waals surface area contributed by atoms with E-state index in [4.69, 9.17) is 4.18 Å². The number of aromatic nitrogens is 2. The van der Waals surface area contributed by atoms with Crippen LogP contribution >= 0.6 is 0 Å². The Balaban J connectivity index is 1.89. The molecular formula is C24H22F3N3O6S. The van der Waals surface area contributed by atoms with Crippen molar-refractivity contribution in [3.63, 3.8) is 0 Å². The number of halogens is 3. The number of aromatic hydroxyl groups is 1. The lowest BCUT2D eigenvalue weighted by Crippen LogP contribution is -2.48. The Bertz CT molecular complexity index is 1500. The summed E-state index contributed by atoms with van der Waals surface area (Å²) < 4.78 is 73.8. The van der Waals surface area contributed by atoms with Gasteiger partial charge in [-0.1, -0.05) is 24.3 Å². The van der Waals surface area contributed by atoms with Crippen molar-refractivity contribution in [1.29, 1.82) is 0 Å². The van der Waals surface area contributed by atoms with Crippen LogP contribution in [-0.4, -0.2) is 59.5 Å². The van der Waals surface area contributed by atoms with Crippen LogP contribution in [-0.2, 0) is 14.3 Å². The number of carbonyl (C=O) groups is 1. The molecule has 0 saturated carbocycles. The smallest absolute Gasteiger partial charge is 0.278 e. The quantitative estimate of drug-likeness (QED) is 0.444. The van der Waals surface area contributed by atoms with Gasteiger partial charge in [-0.25, -0.2) is 13.2 Å². The minimum atomic E-state index is -4.25. The topological polar surface area (TPSA) is 130 Å². The summed E-state index contributed by atoms with van der Waals surface area (Å²) in [5.41, 5.74) is -1.94. The standard InChI is InChI=1S/C24H22F3N3O6S/c1-37(34,35)36-23(17-9-4-10-30(17)24(33)21-22(32)18(31)12-28-29-21)19(13-5-2-6-14(25)11-13)15-7-3-8-16(26)20(15)27/h2-3,5-8,11-12,17,19,23H,4,9-10H2,1H3,(H,28,32)(H,29,31). The maximum atomic E-state index is 15.1. The molecule has 4 rings (SSSR count). The first kappa shape index (κ1) is 26.4. The summed E-state index contributed by atoms with van der Waals surface area (Å²) in [6, 6.07) is 7.11. The summed E-state index contributed by atoms with van der Waals surface area (Å²) in [7, 11) is -4.25. The maximum Gasteiger partial charge on any atom is 0.278 e. The molecule has 3 unspecified atom stereocenters. The first-order chi connectivity index (χ1) is 17.5. The number of amides is 1. The van der Waals surface area contributed by atoms with E-state index in [9.17, 15) is 31.9 Å². The fraction of sp³-hybridized carbons (Fsp3) is 0.292. The maximum absolute atomic E-state index is 15.1. The van der Waals surface area contributed by atoms with Gasteiger partial charge in [0, 0.05) is 18.0 Å². The van der Waals surface area contributed by atoms with E-state index >= 15 is 4.39 Å². The fourth-order valence-corrected chi connectivity index (χ4v) is 5.26. The number of hydrogen-bond acceptors (Lipinski definition) is 7. The number of nitrogens with one attached hydrogen (secondary N) is 1. The predicted molar refractivity (Wildman–Crippen MR) is 125 cm³/mol. The Kier molecular flexibility index (Phi) is 7.37. The molecule has 2 N–H and O–H groups in total. The third-order valence-electron chi connectivity index (χ3n) is 6.11. The molecule has 1 aliphatic rings. The van der Waals surface area contributed by atoms with Crippen LogP contribution in [0.15, 0.2) is 53.5 Å². The molecule has 0 spiro atoms. The van der Waals surface area contributed by atoms with Gasteiger partial charge in [-0.3, -0.25) is 18.9 Å². The third-order valence-corrected chi connectivity index (χ3v) is 6.68. The Labute approximate surface area is 209 Å². The van der Waals surface area contributed by atoms with Crippen molar-refractivity contribution in [3.05, 3.63) is 93.2 Å². The second-order valence-corrected chi connectivity index (χ2v) is 10.2. The molecule has 9 nitrogen and oxygen atoms in total. The van der Waals surface area contributed by atoms with Crippen LogP contribution < -0.4 is 5.43 Å². The second kappa shape index (κ2) is 10.3. The molecule has 37 heavy (non-hydrogen) atoms. The molecule has 0 radical (unpaired) electrons. The van der Waals surface area contributed by atoms with Gasteiger partial charge in [0.05, 0.1) is 18.5 Å². The monoisotopic (exact) mass is 537 g/mol. The minimum absolute atomic E-state index is 0.0470. The molecule has 1 aromatic heterocycles. The Hall–Kier alpha value is -3.71. The highest BCUT2D eigenvalue weighted by Gasteiger charge is 2.44. The lowest BCUT2D eigenvalue weighted by atomic mass is 9.82. The second-order valence-electron chi connectivity index (χ2n) is 8.60. The van der Waals surface area contributed by atoms with Crippen molar-refractivity contribution in [2.45, 2.75) is 30.9 Å².